The first-order valence-corrected chi connectivity index (χ1v) is 10.3. The molecule has 1 saturated heterocycles. The molecule has 1 atom stereocenters. The van der Waals surface area contributed by atoms with E-state index in [4.69, 9.17) is 9.57 Å². The number of nitrogens with zero attached hydrogens (tertiary/aromatic N) is 2. The summed E-state index contributed by atoms with van der Waals surface area (Å²) in [7, 11) is 1.59. The Morgan fingerprint density at radius 2 is 1.74 bits per heavy atom. The molecule has 4 rings (SSSR count). The van der Waals surface area contributed by atoms with Gasteiger partial charge in [0.25, 0.3) is 5.91 Å². The van der Waals surface area contributed by atoms with E-state index in [-0.39, 0.29) is 11.9 Å². The van der Waals surface area contributed by atoms with E-state index in [0.29, 0.717) is 36.7 Å². The molecule has 0 aliphatic carbocycles. The Bertz CT molecular complexity index is 988. The second-order valence-corrected chi connectivity index (χ2v) is 7.99. The SMILES string of the molecule is COc1ccc(NC(=O)C2=NOC3(CCCN(C(=O)Nc4ccc(C)cc4)C3)C2)cc1. The van der Waals surface area contributed by atoms with Crippen LogP contribution in [0.3, 0.4) is 0 Å². The summed E-state index contributed by atoms with van der Waals surface area (Å²) in [6.45, 7) is 3.02. The summed E-state index contributed by atoms with van der Waals surface area (Å²) in [4.78, 5) is 32.8. The molecule has 8 heteroatoms. The van der Waals surface area contributed by atoms with E-state index in [1.54, 1.807) is 36.3 Å². The van der Waals surface area contributed by atoms with E-state index in [1.165, 1.54) is 0 Å². The molecule has 3 amide bonds. The topological polar surface area (TPSA) is 92.3 Å². The number of amides is 3. The van der Waals surface area contributed by atoms with Gasteiger partial charge < -0.3 is 25.1 Å². The van der Waals surface area contributed by atoms with Crippen LogP contribution in [0.25, 0.3) is 0 Å². The largest absolute Gasteiger partial charge is 0.497 e. The van der Waals surface area contributed by atoms with Gasteiger partial charge in [-0.3, -0.25) is 4.79 Å². The van der Waals surface area contributed by atoms with Gasteiger partial charge >= 0.3 is 6.03 Å². The molecule has 2 aliphatic heterocycles. The number of piperidine rings is 1. The van der Waals surface area contributed by atoms with Gasteiger partial charge in [0.05, 0.1) is 13.7 Å². The van der Waals surface area contributed by atoms with Gasteiger partial charge in [0.2, 0.25) is 0 Å². The second kappa shape index (κ2) is 8.67. The third-order valence-electron chi connectivity index (χ3n) is 5.58. The molecule has 0 saturated carbocycles. The van der Waals surface area contributed by atoms with E-state index in [0.717, 1.165) is 24.1 Å². The molecule has 31 heavy (non-hydrogen) atoms. The van der Waals surface area contributed by atoms with Crippen LogP contribution < -0.4 is 15.4 Å². The zero-order valence-electron chi connectivity index (χ0n) is 17.7. The molecule has 2 heterocycles. The fourth-order valence-corrected chi connectivity index (χ4v) is 3.85. The highest BCUT2D eigenvalue weighted by Crippen LogP contribution is 2.34. The Morgan fingerprint density at radius 1 is 1.06 bits per heavy atom. The monoisotopic (exact) mass is 422 g/mol. The minimum atomic E-state index is -0.657. The van der Waals surface area contributed by atoms with Crippen molar-refractivity contribution in [1.82, 2.24) is 4.90 Å². The molecule has 1 fully saturated rings. The Kier molecular flexibility index (Phi) is 5.79. The van der Waals surface area contributed by atoms with Crippen molar-refractivity contribution in [3.05, 3.63) is 54.1 Å². The summed E-state index contributed by atoms with van der Waals surface area (Å²) in [5.74, 6) is 0.410. The average molecular weight is 422 g/mol. The molecular weight excluding hydrogens is 396 g/mol. The molecule has 2 aliphatic rings. The maximum Gasteiger partial charge on any atom is 0.321 e. The van der Waals surface area contributed by atoms with Gasteiger partial charge in [-0.25, -0.2) is 4.79 Å². The number of rotatable bonds is 4. The van der Waals surface area contributed by atoms with Gasteiger partial charge in [-0.05, 0) is 56.2 Å². The molecule has 0 radical (unpaired) electrons. The van der Waals surface area contributed by atoms with E-state index >= 15 is 0 Å². The fourth-order valence-electron chi connectivity index (χ4n) is 3.85. The summed E-state index contributed by atoms with van der Waals surface area (Å²) in [5.41, 5.74) is 2.20. The van der Waals surface area contributed by atoms with E-state index in [2.05, 4.69) is 15.8 Å². The smallest absolute Gasteiger partial charge is 0.321 e. The van der Waals surface area contributed by atoms with Crippen LogP contribution in [-0.2, 0) is 9.63 Å². The second-order valence-electron chi connectivity index (χ2n) is 7.99. The number of aryl methyl sites for hydroxylation is 1. The molecule has 1 spiro atoms. The highest BCUT2D eigenvalue weighted by molar-refractivity contribution is 6.43. The lowest BCUT2D eigenvalue weighted by atomic mass is 9.88. The zero-order valence-corrected chi connectivity index (χ0v) is 17.7. The van der Waals surface area contributed by atoms with E-state index in [9.17, 15) is 9.59 Å². The molecule has 2 aromatic rings. The van der Waals surface area contributed by atoms with Crippen LogP contribution >= 0.6 is 0 Å². The van der Waals surface area contributed by atoms with Gasteiger partial charge in [-0.2, -0.15) is 0 Å². The van der Waals surface area contributed by atoms with Crippen molar-refractivity contribution in [3.8, 4) is 5.75 Å². The number of ether oxygens (including phenoxy) is 1. The van der Waals surface area contributed by atoms with Crippen molar-refractivity contribution < 1.29 is 19.2 Å². The highest BCUT2D eigenvalue weighted by Gasteiger charge is 2.45. The predicted molar refractivity (Wildman–Crippen MR) is 118 cm³/mol. The number of oxime groups is 1. The number of likely N-dealkylation sites (tertiary alicyclic amines) is 1. The maximum absolute atomic E-state index is 12.7. The Hall–Kier alpha value is -3.55. The lowest BCUT2D eigenvalue weighted by molar-refractivity contribution is -0.110. The first kappa shape index (κ1) is 20.7. The summed E-state index contributed by atoms with van der Waals surface area (Å²) >= 11 is 0. The number of hydrogen-bond donors (Lipinski definition) is 2. The number of nitrogens with one attached hydrogen (secondary N) is 2. The van der Waals surface area contributed by atoms with Crippen molar-refractivity contribution >= 4 is 29.0 Å². The number of anilines is 2. The van der Waals surface area contributed by atoms with Crippen LogP contribution in [0.5, 0.6) is 5.75 Å². The third-order valence-corrected chi connectivity index (χ3v) is 5.58. The average Bonchev–Trinajstić information content (AvgIpc) is 3.19. The van der Waals surface area contributed by atoms with Crippen LogP contribution in [-0.4, -0.2) is 48.4 Å². The summed E-state index contributed by atoms with van der Waals surface area (Å²) < 4.78 is 5.13. The number of urea groups is 1. The normalized spacial score (nSPS) is 20.1. The minimum absolute atomic E-state index is 0.178. The lowest BCUT2D eigenvalue weighted by Crippen LogP contribution is -2.52. The van der Waals surface area contributed by atoms with Crippen LogP contribution in [0.1, 0.15) is 24.8 Å². The van der Waals surface area contributed by atoms with Crippen molar-refractivity contribution in [2.24, 2.45) is 5.16 Å². The first-order chi connectivity index (χ1) is 15.0. The Labute approximate surface area is 181 Å². The molecule has 0 bridgehead atoms. The number of carbonyl (C=O) groups is 2. The van der Waals surface area contributed by atoms with Crippen molar-refractivity contribution in [1.29, 1.82) is 0 Å². The maximum atomic E-state index is 12.7. The van der Waals surface area contributed by atoms with Crippen LogP contribution in [0.4, 0.5) is 16.2 Å². The van der Waals surface area contributed by atoms with Crippen LogP contribution in [0, 0.1) is 6.92 Å². The Balaban J connectivity index is 1.35. The quantitative estimate of drug-likeness (QED) is 0.784. The molecule has 2 N–H and O–H groups in total. The van der Waals surface area contributed by atoms with Gasteiger partial charge in [0.1, 0.15) is 11.5 Å². The standard InChI is InChI=1S/C23H26N4O4/c1-16-4-6-18(7-5-16)25-22(29)27-13-3-12-23(15-27)14-20(26-31-23)21(28)24-17-8-10-19(30-2)11-9-17/h4-11H,3,12-15H2,1-2H3,(H,24,28)(H,25,29). The highest BCUT2D eigenvalue weighted by atomic mass is 16.7. The molecule has 2 aromatic carbocycles. The molecule has 0 aromatic heterocycles. The summed E-state index contributed by atoms with van der Waals surface area (Å²) in [5, 5.41) is 9.81. The van der Waals surface area contributed by atoms with Gasteiger partial charge in [-0.15, -0.1) is 0 Å². The van der Waals surface area contributed by atoms with Crippen molar-refractivity contribution in [2.75, 3.05) is 30.8 Å². The summed E-state index contributed by atoms with van der Waals surface area (Å²) in [6.07, 6.45) is 1.89. The predicted octanol–water partition coefficient (Wildman–Crippen LogP) is 3.79. The first-order valence-electron chi connectivity index (χ1n) is 10.3. The summed E-state index contributed by atoms with van der Waals surface area (Å²) in [6, 6.07) is 14.6. The molecule has 8 nitrogen and oxygen atoms in total. The number of methoxy groups -OCH3 is 1. The van der Waals surface area contributed by atoms with E-state index < -0.39 is 5.60 Å². The fraction of sp³-hybridized carbons (Fsp3) is 0.348. The third kappa shape index (κ3) is 4.79. The van der Waals surface area contributed by atoms with Crippen molar-refractivity contribution in [2.45, 2.75) is 31.8 Å². The van der Waals surface area contributed by atoms with Crippen molar-refractivity contribution in [3.63, 3.8) is 0 Å². The molecule has 1 unspecified atom stereocenters. The molecular formula is C23H26N4O4. The number of benzene rings is 2. The number of hydrogen-bond acceptors (Lipinski definition) is 5. The van der Waals surface area contributed by atoms with E-state index in [1.807, 2.05) is 31.2 Å². The minimum Gasteiger partial charge on any atom is -0.497 e. The van der Waals surface area contributed by atoms with Gasteiger partial charge in [0.15, 0.2) is 5.60 Å². The van der Waals surface area contributed by atoms with Crippen LogP contribution in [0.2, 0.25) is 0 Å². The zero-order chi connectivity index (χ0) is 21.8. The number of carbonyl (C=O) groups excluding carboxylic acids is 2. The Morgan fingerprint density at radius 3 is 2.45 bits per heavy atom. The van der Waals surface area contributed by atoms with Crippen LogP contribution in [0.15, 0.2) is 53.7 Å². The van der Waals surface area contributed by atoms with Gasteiger partial charge in [-0.1, -0.05) is 22.9 Å². The van der Waals surface area contributed by atoms with Gasteiger partial charge in [0, 0.05) is 24.3 Å². The lowest BCUT2D eigenvalue weighted by Gasteiger charge is -2.38. The molecule has 162 valence electrons.